The minimum absolute atomic E-state index is 0. The van der Waals surface area contributed by atoms with Crippen LogP contribution in [0.15, 0.2) is 0 Å². The monoisotopic (exact) mass is 400 g/mol. The Morgan fingerprint density at radius 1 is 0.591 bits per heavy atom. The van der Waals surface area contributed by atoms with E-state index in [-0.39, 0.29) is 103 Å². The van der Waals surface area contributed by atoms with E-state index in [0.29, 0.717) is 38.3 Å². The summed E-state index contributed by atoms with van der Waals surface area (Å²) in [6.07, 6.45) is 1.73. The van der Waals surface area contributed by atoms with Crippen molar-refractivity contribution in [1.82, 2.24) is 0 Å². The molecule has 124 valence electrons. The molecule has 0 aliphatic carbocycles. The van der Waals surface area contributed by atoms with Gasteiger partial charge in [0.05, 0.1) is 0 Å². The van der Waals surface area contributed by atoms with Crippen LogP contribution in [0, 0.1) is 0 Å². The first-order chi connectivity index (χ1) is 9.24. The van der Waals surface area contributed by atoms with Gasteiger partial charge in [-0.2, -0.15) is 0 Å². The van der Waals surface area contributed by atoms with Gasteiger partial charge in [-0.15, -0.1) is 0 Å². The van der Waals surface area contributed by atoms with Crippen molar-refractivity contribution in [3.63, 3.8) is 0 Å². The molecule has 0 aromatic rings. The van der Waals surface area contributed by atoms with Gasteiger partial charge in [0, 0.05) is 0 Å². The zero-order chi connectivity index (χ0) is 16.1. The van der Waals surface area contributed by atoms with E-state index in [1.165, 1.54) is 0 Å². The molecule has 0 heterocycles. The van der Waals surface area contributed by atoms with E-state index >= 15 is 0 Å². The summed E-state index contributed by atoms with van der Waals surface area (Å²) in [7, 11) is -4.36. The molecule has 0 bridgehead atoms. The molecule has 8 N–H and O–H groups in total. The molecular formula is C12H34K2N4O2Si2. The quantitative estimate of drug-likeness (QED) is 0.267. The average molecular weight is 401 g/mol. The molecular weight excluding hydrogens is 367 g/mol. The van der Waals surface area contributed by atoms with Crippen LogP contribution in [0.4, 0.5) is 0 Å². The summed E-state index contributed by atoms with van der Waals surface area (Å²) >= 11 is 0. The van der Waals surface area contributed by atoms with E-state index in [1.54, 1.807) is 0 Å². The van der Waals surface area contributed by atoms with Crippen LogP contribution in [0.1, 0.15) is 12.8 Å². The van der Waals surface area contributed by atoms with Crippen molar-refractivity contribution in [2.45, 2.75) is 50.1 Å². The SMILES string of the molecule is C[Si]([O-])(CCN)CCCN.C[Si]([O-])(CCN)CCCN.[K+].[K+]. The molecule has 22 heavy (non-hydrogen) atoms. The molecule has 0 aliphatic heterocycles. The van der Waals surface area contributed by atoms with Crippen molar-refractivity contribution in [2.75, 3.05) is 26.2 Å². The van der Waals surface area contributed by atoms with E-state index in [4.69, 9.17) is 22.9 Å². The maximum Gasteiger partial charge on any atom is 1.00 e. The first-order valence-corrected chi connectivity index (χ1v) is 13.1. The molecule has 0 rings (SSSR count). The molecule has 0 aliphatic rings. The van der Waals surface area contributed by atoms with Crippen LogP contribution < -0.4 is 135 Å². The van der Waals surface area contributed by atoms with E-state index in [9.17, 15) is 9.59 Å². The first kappa shape index (κ1) is 33.1. The predicted molar refractivity (Wildman–Crippen MR) is 87.9 cm³/mol. The zero-order valence-corrected chi connectivity index (χ0v) is 23.4. The third kappa shape index (κ3) is 25.7. The molecule has 6 nitrogen and oxygen atoms in total. The summed E-state index contributed by atoms with van der Waals surface area (Å²) in [5.74, 6) is 0. The van der Waals surface area contributed by atoms with Gasteiger partial charge in [-0.1, -0.05) is 37.3 Å². The molecule has 0 aromatic carbocycles. The number of hydrogen-bond donors (Lipinski definition) is 4. The standard InChI is InChI=1S/2C6H17N2OSi.2K/c2*1-10(9,6-4-8)5-2-3-7;;/h2*2-8H2,1H3;;/q2*-1;2*+1. The molecule has 0 saturated heterocycles. The predicted octanol–water partition coefficient (Wildman–Crippen LogP) is -7.53. The maximum atomic E-state index is 11.5. The van der Waals surface area contributed by atoms with Gasteiger partial charge in [0.25, 0.3) is 0 Å². The van der Waals surface area contributed by atoms with Crippen molar-refractivity contribution < 1.29 is 112 Å². The van der Waals surface area contributed by atoms with Crippen LogP contribution in [0.25, 0.3) is 0 Å². The summed E-state index contributed by atoms with van der Waals surface area (Å²) in [6.45, 7) is 6.00. The molecule has 0 spiro atoms. The van der Waals surface area contributed by atoms with Gasteiger partial charge in [0.1, 0.15) is 0 Å². The van der Waals surface area contributed by atoms with Crippen LogP contribution in [0.3, 0.4) is 0 Å². The van der Waals surface area contributed by atoms with Gasteiger partial charge in [0.15, 0.2) is 0 Å². The second-order valence-corrected chi connectivity index (χ2v) is 13.6. The number of hydrogen-bond acceptors (Lipinski definition) is 6. The number of rotatable bonds is 10. The topological polar surface area (TPSA) is 150 Å². The molecule has 2 atom stereocenters. The Morgan fingerprint density at radius 3 is 1.05 bits per heavy atom. The van der Waals surface area contributed by atoms with Crippen LogP contribution in [0.5, 0.6) is 0 Å². The molecule has 0 aromatic heterocycles. The van der Waals surface area contributed by atoms with Crippen LogP contribution in [-0.2, 0) is 0 Å². The third-order valence-corrected chi connectivity index (χ3v) is 8.68. The van der Waals surface area contributed by atoms with Gasteiger partial charge in [-0.05, 0) is 55.7 Å². The van der Waals surface area contributed by atoms with Crippen molar-refractivity contribution in [3.05, 3.63) is 0 Å². The van der Waals surface area contributed by atoms with E-state index in [1.807, 2.05) is 13.1 Å². The smallest absolute Gasteiger partial charge is 0.858 e. The van der Waals surface area contributed by atoms with Crippen molar-refractivity contribution in [2.24, 2.45) is 22.9 Å². The summed E-state index contributed by atoms with van der Waals surface area (Å²) in [6, 6.07) is 2.93. The largest absolute Gasteiger partial charge is 1.00 e. The van der Waals surface area contributed by atoms with Gasteiger partial charge in [-0.25, -0.2) is 0 Å². The second-order valence-electron chi connectivity index (χ2n) is 5.76. The average Bonchev–Trinajstić information content (AvgIpc) is 2.35. The molecule has 2 unspecified atom stereocenters. The summed E-state index contributed by atoms with van der Waals surface area (Å²) < 4.78 is 0. The van der Waals surface area contributed by atoms with E-state index in [2.05, 4.69) is 0 Å². The minimum atomic E-state index is -2.18. The molecule has 10 heteroatoms. The number of nitrogens with two attached hydrogens (primary N) is 4. The Kier molecular flexibility index (Phi) is 31.2. The normalized spacial score (nSPS) is 15.3. The Bertz CT molecular complexity index is 207. The fraction of sp³-hybridized carbons (Fsp3) is 1.00. The van der Waals surface area contributed by atoms with Crippen molar-refractivity contribution in [1.29, 1.82) is 0 Å². The summed E-state index contributed by atoms with van der Waals surface area (Å²) in [5, 5.41) is 0. The fourth-order valence-electron chi connectivity index (χ4n) is 1.81. The minimum Gasteiger partial charge on any atom is -0.858 e. The third-order valence-electron chi connectivity index (χ3n) is 3.17. The Labute approximate surface area is 224 Å². The molecule has 0 radical (unpaired) electrons. The Hall–Kier alpha value is 3.47. The fourth-order valence-corrected chi connectivity index (χ4v) is 5.44. The Morgan fingerprint density at radius 2 is 0.864 bits per heavy atom. The maximum absolute atomic E-state index is 11.5. The summed E-state index contributed by atoms with van der Waals surface area (Å²) in [5.41, 5.74) is 21.1. The van der Waals surface area contributed by atoms with Gasteiger partial charge < -0.3 is 32.5 Å². The van der Waals surface area contributed by atoms with E-state index in [0.717, 1.165) is 24.9 Å². The second kappa shape index (κ2) is 20.8. The Balaban J connectivity index is -0.000000135. The van der Waals surface area contributed by atoms with Crippen LogP contribution in [-0.4, -0.2) is 42.8 Å². The molecule has 0 fully saturated rings. The van der Waals surface area contributed by atoms with Gasteiger partial charge in [0.2, 0.25) is 0 Å². The molecule has 0 amide bonds. The van der Waals surface area contributed by atoms with Crippen LogP contribution >= 0.6 is 0 Å². The first-order valence-electron chi connectivity index (χ1n) is 7.46. The van der Waals surface area contributed by atoms with Crippen LogP contribution in [0.2, 0.25) is 37.3 Å². The van der Waals surface area contributed by atoms with Gasteiger partial charge in [-0.3, -0.25) is 0 Å². The van der Waals surface area contributed by atoms with Crippen molar-refractivity contribution >= 4 is 16.6 Å². The summed E-state index contributed by atoms with van der Waals surface area (Å²) in [4.78, 5) is 22.9. The van der Waals surface area contributed by atoms with E-state index < -0.39 is 16.6 Å². The molecule has 0 saturated carbocycles. The van der Waals surface area contributed by atoms with Crippen molar-refractivity contribution in [3.8, 4) is 0 Å². The van der Waals surface area contributed by atoms with Gasteiger partial charge >= 0.3 is 103 Å². The zero-order valence-electron chi connectivity index (χ0n) is 15.2.